The lowest BCUT2D eigenvalue weighted by atomic mass is 10.1. The van der Waals surface area contributed by atoms with Crippen molar-refractivity contribution in [3.05, 3.63) is 33.8 Å². The number of nitrogens with one attached hydrogen (secondary N) is 1. The van der Waals surface area contributed by atoms with E-state index in [1.165, 1.54) is 0 Å². The van der Waals surface area contributed by atoms with Crippen LogP contribution in [0.5, 0.6) is 5.75 Å². The number of carboxylic acids is 1. The number of carbonyl (C=O) groups is 2. The Morgan fingerprint density at radius 3 is 2.90 bits per heavy atom. The van der Waals surface area contributed by atoms with Gasteiger partial charge in [-0.2, -0.15) is 0 Å². The molecular formula is C15H16BrNO4. The summed E-state index contributed by atoms with van der Waals surface area (Å²) < 4.78 is 6.47. The second-order valence-electron chi connectivity index (χ2n) is 4.75. The Balaban J connectivity index is 1.87. The van der Waals surface area contributed by atoms with E-state index in [0.717, 1.165) is 15.8 Å². The van der Waals surface area contributed by atoms with Crippen LogP contribution in [0.25, 0.3) is 6.08 Å². The van der Waals surface area contributed by atoms with Crippen LogP contribution in [-0.4, -0.2) is 30.1 Å². The summed E-state index contributed by atoms with van der Waals surface area (Å²) in [6.45, 7) is 0.713. The van der Waals surface area contributed by atoms with E-state index in [-0.39, 0.29) is 18.9 Å². The Kier molecular flexibility index (Phi) is 5.38. The lowest BCUT2D eigenvalue weighted by molar-refractivity contribution is -0.137. The fourth-order valence-corrected chi connectivity index (χ4v) is 2.37. The first-order valence-corrected chi connectivity index (χ1v) is 7.48. The van der Waals surface area contributed by atoms with Gasteiger partial charge in [-0.3, -0.25) is 9.59 Å². The maximum atomic E-state index is 12.0. The number of hydrogen-bond donors (Lipinski definition) is 2. The van der Waals surface area contributed by atoms with E-state index in [1.807, 2.05) is 24.3 Å². The topological polar surface area (TPSA) is 75.6 Å². The molecule has 0 saturated carbocycles. The average Bonchev–Trinajstić information content (AvgIpc) is 2.45. The van der Waals surface area contributed by atoms with Crippen LogP contribution in [0.2, 0.25) is 0 Å². The molecule has 0 unspecified atom stereocenters. The number of fused-ring (bicyclic) bond motifs is 1. The van der Waals surface area contributed by atoms with Crippen LogP contribution >= 0.6 is 15.9 Å². The molecule has 0 saturated heterocycles. The predicted octanol–water partition coefficient (Wildman–Crippen LogP) is 2.60. The summed E-state index contributed by atoms with van der Waals surface area (Å²) >= 11 is 3.38. The van der Waals surface area contributed by atoms with Gasteiger partial charge >= 0.3 is 5.97 Å². The Bertz CT molecular complexity index is 583. The number of aliphatic carboxylic acids is 1. The number of carbonyl (C=O) groups excluding carboxylic acids is 1. The van der Waals surface area contributed by atoms with Gasteiger partial charge in [0.1, 0.15) is 12.4 Å². The molecule has 1 aromatic carbocycles. The number of amides is 1. The minimum atomic E-state index is -0.813. The molecule has 0 aliphatic carbocycles. The zero-order chi connectivity index (χ0) is 15.2. The third-order valence-electron chi connectivity index (χ3n) is 3.08. The summed E-state index contributed by atoms with van der Waals surface area (Å²) in [6, 6.07) is 5.64. The highest BCUT2D eigenvalue weighted by Crippen LogP contribution is 2.29. The number of rotatable bonds is 6. The second kappa shape index (κ2) is 7.26. The van der Waals surface area contributed by atoms with Crippen molar-refractivity contribution < 1.29 is 19.4 Å². The van der Waals surface area contributed by atoms with Crippen molar-refractivity contribution in [1.29, 1.82) is 0 Å². The number of hydrogen-bond acceptors (Lipinski definition) is 3. The third kappa shape index (κ3) is 4.60. The molecule has 0 aromatic heterocycles. The zero-order valence-corrected chi connectivity index (χ0v) is 13.0. The van der Waals surface area contributed by atoms with Crippen LogP contribution in [0.4, 0.5) is 0 Å². The normalized spacial score (nSPS) is 12.9. The molecule has 1 aliphatic heterocycles. The molecule has 1 heterocycles. The molecule has 2 N–H and O–H groups in total. The van der Waals surface area contributed by atoms with Crippen LogP contribution in [0.1, 0.15) is 24.8 Å². The van der Waals surface area contributed by atoms with Crippen molar-refractivity contribution >= 4 is 33.9 Å². The van der Waals surface area contributed by atoms with Crippen molar-refractivity contribution in [3.8, 4) is 5.75 Å². The molecular weight excluding hydrogens is 338 g/mol. The SMILES string of the molecule is O=C(O)CCCCNC(=O)C1=Cc2cc(Br)ccc2OC1. The van der Waals surface area contributed by atoms with Gasteiger partial charge in [0.05, 0.1) is 5.57 Å². The third-order valence-corrected chi connectivity index (χ3v) is 3.57. The highest BCUT2D eigenvalue weighted by Gasteiger charge is 2.17. The fraction of sp³-hybridized carbons (Fsp3) is 0.333. The van der Waals surface area contributed by atoms with Crippen molar-refractivity contribution in [2.24, 2.45) is 0 Å². The minimum Gasteiger partial charge on any atom is -0.488 e. The average molecular weight is 354 g/mol. The van der Waals surface area contributed by atoms with Gasteiger partial charge in [-0.1, -0.05) is 15.9 Å². The van der Waals surface area contributed by atoms with E-state index in [2.05, 4.69) is 21.2 Å². The van der Waals surface area contributed by atoms with Gasteiger partial charge in [0.25, 0.3) is 5.91 Å². The van der Waals surface area contributed by atoms with Gasteiger partial charge < -0.3 is 15.2 Å². The first kappa shape index (κ1) is 15.6. The van der Waals surface area contributed by atoms with Crippen molar-refractivity contribution in [1.82, 2.24) is 5.32 Å². The molecule has 1 amide bonds. The monoisotopic (exact) mass is 353 g/mol. The Labute approximate surface area is 131 Å². The molecule has 2 rings (SSSR count). The van der Waals surface area contributed by atoms with E-state index in [9.17, 15) is 9.59 Å². The number of halogens is 1. The molecule has 6 heteroatoms. The molecule has 5 nitrogen and oxygen atoms in total. The molecule has 1 aliphatic rings. The Morgan fingerprint density at radius 2 is 2.14 bits per heavy atom. The van der Waals surface area contributed by atoms with E-state index >= 15 is 0 Å². The van der Waals surface area contributed by atoms with Gasteiger partial charge in [-0.05, 0) is 37.1 Å². The van der Waals surface area contributed by atoms with E-state index < -0.39 is 5.97 Å². The second-order valence-corrected chi connectivity index (χ2v) is 5.66. The molecule has 0 radical (unpaired) electrons. The van der Waals surface area contributed by atoms with Crippen LogP contribution < -0.4 is 10.1 Å². The van der Waals surface area contributed by atoms with Gasteiger partial charge in [-0.15, -0.1) is 0 Å². The molecule has 0 atom stereocenters. The Hall–Kier alpha value is -1.82. The van der Waals surface area contributed by atoms with Crippen LogP contribution in [-0.2, 0) is 9.59 Å². The van der Waals surface area contributed by atoms with Gasteiger partial charge in [0, 0.05) is 23.0 Å². The number of unbranched alkanes of at least 4 members (excludes halogenated alkanes) is 1. The van der Waals surface area contributed by atoms with Crippen LogP contribution in [0, 0.1) is 0 Å². The van der Waals surface area contributed by atoms with E-state index in [1.54, 1.807) is 0 Å². The molecule has 0 spiro atoms. The largest absolute Gasteiger partial charge is 0.488 e. The zero-order valence-electron chi connectivity index (χ0n) is 11.4. The van der Waals surface area contributed by atoms with E-state index in [0.29, 0.717) is 25.0 Å². The Morgan fingerprint density at radius 1 is 1.33 bits per heavy atom. The first-order valence-electron chi connectivity index (χ1n) is 6.69. The number of carboxylic acid groups (broad SMARTS) is 1. The quantitative estimate of drug-likeness (QED) is 0.770. The highest BCUT2D eigenvalue weighted by atomic mass is 79.9. The van der Waals surface area contributed by atoms with Crippen LogP contribution in [0.3, 0.4) is 0 Å². The minimum absolute atomic E-state index is 0.128. The molecule has 0 fully saturated rings. The molecule has 21 heavy (non-hydrogen) atoms. The van der Waals surface area contributed by atoms with Gasteiger partial charge in [-0.25, -0.2) is 0 Å². The van der Waals surface area contributed by atoms with Crippen LogP contribution in [0.15, 0.2) is 28.2 Å². The summed E-state index contributed by atoms with van der Waals surface area (Å²) in [5.41, 5.74) is 1.44. The molecule has 1 aromatic rings. The summed E-state index contributed by atoms with van der Waals surface area (Å²) in [7, 11) is 0. The lowest BCUT2D eigenvalue weighted by Gasteiger charge is -2.17. The maximum Gasteiger partial charge on any atom is 0.303 e. The van der Waals surface area contributed by atoms with Gasteiger partial charge in [0.2, 0.25) is 0 Å². The smallest absolute Gasteiger partial charge is 0.303 e. The van der Waals surface area contributed by atoms with Crippen molar-refractivity contribution in [2.75, 3.05) is 13.2 Å². The fourth-order valence-electron chi connectivity index (χ4n) is 2.00. The summed E-state index contributed by atoms with van der Waals surface area (Å²) in [5, 5.41) is 11.3. The van der Waals surface area contributed by atoms with Crippen molar-refractivity contribution in [2.45, 2.75) is 19.3 Å². The predicted molar refractivity (Wildman–Crippen MR) is 82.1 cm³/mol. The molecule has 0 bridgehead atoms. The van der Waals surface area contributed by atoms with E-state index in [4.69, 9.17) is 9.84 Å². The summed E-state index contributed by atoms with van der Waals surface area (Å²) in [4.78, 5) is 22.4. The number of ether oxygens (including phenoxy) is 1. The summed E-state index contributed by atoms with van der Waals surface area (Å²) in [6.07, 6.45) is 3.15. The first-order chi connectivity index (χ1) is 10.1. The highest BCUT2D eigenvalue weighted by molar-refractivity contribution is 9.10. The maximum absolute atomic E-state index is 12.0. The van der Waals surface area contributed by atoms with Gasteiger partial charge in [0.15, 0.2) is 0 Å². The lowest BCUT2D eigenvalue weighted by Crippen LogP contribution is -2.29. The summed E-state index contributed by atoms with van der Waals surface area (Å²) in [5.74, 6) is -0.223. The molecule has 112 valence electrons. The number of benzene rings is 1. The standard InChI is InChI=1S/C15H16BrNO4/c16-12-4-5-13-10(8-12)7-11(9-21-13)15(20)17-6-2-1-3-14(18)19/h4-5,7-8H,1-3,6,9H2,(H,17,20)(H,18,19). The van der Waals surface area contributed by atoms with Crippen molar-refractivity contribution in [3.63, 3.8) is 0 Å².